The molecule has 0 bridgehead atoms. The Balaban J connectivity index is 2.01. The summed E-state index contributed by atoms with van der Waals surface area (Å²) >= 11 is 11.3. The molecule has 18 heavy (non-hydrogen) atoms. The van der Waals surface area contributed by atoms with Crippen molar-refractivity contribution in [3.63, 3.8) is 0 Å². The smallest absolute Gasteiger partial charge is 0.179 e. The van der Waals surface area contributed by atoms with Gasteiger partial charge in [0.1, 0.15) is 0 Å². The van der Waals surface area contributed by atoms with Crippen molar-refractivity contribution in [2.75, 3.05) is 6.61 Å². The van der Waals surface area contributed by atoms with Gasteiger partial charge in [-0.15, -0.1) is 0 Å². The summed E-state index contributed by atoms with van der Waals surface area (Å²) in [5.41, 5.74) is 1.75. The van der Waals surface area contributed by atoms with Crippen molar-refractivity contribution >= 4 is 35.0 Å². The molecule has 1 aliphatic heterocycles. The molecule has 1 saturated heterocycles. The quantitative estimate of drug-likeness (QED) is 0.861. The zero-order chi connectivity index (χ0) is 12.7. The summed E-state index contributed by atoms with van der Waals surface area (Å²) in [6.07, 6.45) is 3.00. The first kappa shape index (κ1) is 12.1. The van der Waals surface area contributed by atoms with E-state index >= 15 is 0 Å². The normalized spacial score (nSPS) is 23.9. The van der Waals surface area contributed by atoms with Gasteiger partial charge >= 0.3 is 0 Å². The highest BCUT2D eigenvalue weighted by Gasteiger charge is 2.25. The molecule has 2 aromatic heterocycles. The molecule has 2 aromatic rings. The van der Waals surface area contributed by atoms with Crippen molar-refractivity contribution in [2.45, 2.75) is 26.0 Å². The summed E-state index contributed by atoms with van der Waals surface area (Å²) in [4.78, 5) is 7.51. The van der Waals surface area contributed by atoms with E-state index in [1.165, 1.54) is 0 Å². The van der Waals surface area contributed by atoms with E-state index in [1.807, 2.05) is 10.6 Å². The second-order valence-corrected chi connectivity index (χ2v) is 5.51. The Hall–Kier alpha value is -0.910. The van der Waals surface area contributed by atoms with Crippen molar-refractivity contribution in [1.82, 2.24) is 14.5 Å². The zero-order valence-corrected chi connectivity index (χ0v) is 11.6. The van der Waals surface area contributed by atoms with Gasteiger partial charge in [-0.05, 0) is 31.6 Å². The number of rotatable bonds is 2. The predicted molar refractivity (Wildman–Crippen MR) is 73.4 cm³/mol. The number of fused-ring (bicyclic) bond motifs is 1. The summed E-state index contributed by atoms with van der Waals surface area (Å²) in [5, 5.41) is 0.614. The van der Waals surface area contributed by atoms with Crippen molar-refractivity contribution in [1.29, 1.82) is 0 Å². The van der Waals surface area contributed by atoms with E-state index in [2.05, 4.69) is 16.9 Å². The van der Waals surface area contributed by atoms with Crippen LogP contribution >= 0.6 is 23.8 Å². The third kappa shape index (κ3) is 2.06. The fraction of sp³-hybridized carbons (Fsp3) is 0.500. The van der Waals surface area contributed by atoms with Crippen LogP contribution in [-0.4, -0.2) is 27.2 Å². The summed E-state index contributed by atoms with van der Waals surface area (Å²) in [6.45, 7) is 3.79. The van der Waals surface area contributed by atoms with Crippen molar-refractivity contribution in [3.8, 4) is 0 Å². The minimum absolute atomic E-state index is 0.282. The van der Waals surface area contributed by atoms with Gasteiger partial charge in [-0.3, -0.25) is 0 Å². The molecule has 0 saturated carbocycles. The molecule has 1 aliphatic rings. The highest BCUT2D eigenvalue weighted by Crippen LogP contribution is 2.24. The monoisotopic (exact) mass is 283 g/mol. The highest BCUT2D eigenvalue weighted by atomic mass is 35.5. The van der Waals surface area contributed by atoms with Gasteiger partial charge in [-0.25, -0.2) is 4.98 Å². The van der Waals surface area contributed by atoms with Crippen molar-refractivity contribution < 1.29 is 4.74 Å². The molecule has 96 valence electrons. The number of aromatic amines is 1. The number of nitrogens with zero attached hydrogens (tertiary/aromatic N) is 2. The van der Waals surface area contributed by atoms with Crippen molar-refractivity contribution in [3.05, 3.63) is 22.1 Å². The molecular formula is C12H14ClN3OS. The Kier molecular flexibility index (Phi) is 3.13. The number of pyridine rings is 1. The maximum atomic E-state index is 5.93. The maximum Gasteiger partial charge on any atom is 0.179 e. The van der Waals surface area contributed by atoms with E-state index < -0.39 is 0 Å². The van der Waals surface area contributed by atoms with Crippen LogP contribution in [0.25, 0.3) is 11.2 Å². The number of hydrogen-bond acceptors (Lipinski definition) is 3. The molecular weight excluding hydrogens is 270 g/mol. The number of imidazole rings is 1. The van der Waals surface area contributed by atoms with Gasteiger partial charge in [-0.1, -0.05) is 11.6 Å². The first-order chi connectivity index (χ1) is 8.65. The summed E-state index contributed by atoms with van der Waals surface area (Å²) in [6, 6.07) is 1.85. The molecule has 0 radical (unpaired) electrons. The Morgan fingerprint density at radius 3 is 3.22 bits per heavy atom. The van der Waals surface area contributed by atoms with E-state index in [9.17, 15) is 0 Å². The van der Waals surface area contributed by atoms with E-state index in [0.717, 1.165) is 30.7 Å². The molecule has 4 nitrogen and oxygen atoms in total. The van der Waals surface area contributed by atoms with Gasteiger partial charge in [0.05, 0.1) is 16.6 Å². The van der Waals surface area contributed by atoms with Crippen molar-refractivity contribution in [2.24, 2.45) is 5.92 Å². The van der Waals surface area contributed by atoms with Gasteiger partial charge in [0.2, 0.25) is 0 Å². The number of aromatic nitrogens is 3. The molecule has 3 rings (SSSR count). The standard InChI is InChI=1S/C12H14ClN3OS/c1-7-8(2-3-17-7)6-16-11-10(15-12(16)18)4-9(13)5-14-11/h4-5,7-8H,2-3,6H2,1H3,(H,15,18). The van der Waals surface area contributed by atoms with Crippen LogP contribution in [0.2, 0.25) is 5.02 Å². The summed E-state index contributed by atoms with van der Waals surface area (Å²) < 4.78 is 8.32. The van der Waals surface area contributed by atoms with Crippen LogP contribution in [0.1, 0.15) is 13.3 Å². The van der Waals surface area contributed by atoms with E-state index in [1.54, 1.807) is 6.20 Å². The van der Waals surface area contributed by atoms with Crippen LogP contribution in [0.5, 0.6) is 0 Å². The van der Waals surface area contributed by atoms with Crippen LogP contribution < -0.4 is 0 Å². The van der Waals surface area contributed by atoms with Crippen LogP contribution in [-0.2, 0) is 11.3 Å². The van der Waals surface area contributed by atoms with Gasteiger partial charge < -0.3 is 14.3 Å². The summed E-state index contributed by atoms with van der Waals surface area (Å²) in [5.74, 6) is 0.494. The minimum Gasteiger partial charge on any atom is -0.378 e. The number of hydrogen-bond donors (Lipinski definition) is 1. The van der Waals surface area contributed by atoms with Gasteiger partial charge in [-0.2, -0.15) is 0 Å². The Morgan fingerprint density at radius 1 is 1.67 bits per heavy atom. The number of halogens is 1. The lowest BCUT2D eigenvalue weighted by atomic mass is 10.0. The molecule has 2 atom stereocenters. The molecule has 6 heteroatoms. The largest absolute Gasteiger partial charge is 0.378 e. The topological polar surface area (TPSA) is 42.8 Å². The predicted octanol–water partition coefficient (Wildman–Crippen LogP) is 3.17. The average Bonchev–Trinajstić information content (AvgIpc) is 2.85. The van der Waals surface area contributed by atoms with Crippen LogP contribution in [0.15, 0.2) is 12.3 Å². The van der Waals surface area contributed by atoms with E-state index in [-0.39, 0.29) is 6.10 Å². The highest BCUT2D eigenvalue weighted by molar-refractivity contribution is 7.71. The van der Waals surface area contributed by atoms with E-state index in [4.69, 9.17) is 28.6 Å². The molecule has 0 aliphatic carbocycles. The first-order valence-electron chi connectivity index (χ1n) is 6.01. The molecule has 2 unspecified atom stereocenters. The minimum atomic E-state index is 0.282. The SMILES string of the molecule is CC1OCCC1Cn1c(=S)[nH]c2cc(Cl)cnc21. The molecule has 1 N–H and O–H groups in total. The first-order valence-corrected chi connectivity index (χ1v) is 6.79. The number of H-pyrrole nitrogens is 1. The second kappa shape index (κ2) is 4.64. The lowest BCUT2D eigenvalue weighted by Gasteiger charge is -2.14. The molecule has 0 amide bonds. The second-order valence-electron chi connectivity index (χ2n) is 4.69. The molecule has 1 fully saturated rings. The fourth-order valence-corrected chi connectivity index (χ4v) is 2.87. The average molecular weight is 284 g/mol. The lowest BCUT2D eigenvalue weighted by Crippen LogP contribution is -2.18. The molecule has 0 aromatic carbocycles. The third-order valence-corrected chi connectivity index (χ3v) is 4.06. The molecule has 3 heterocycles. The Bertz CT molecular complexity index is 636. The van der Waals surface area contributed by atoms with Gasteiger partial charge in [0, 0.05) is 25.3 Å². The summed E-state index contributed by atoms with van der Waals surface area (Å²) in [7, 11) is 0. The van der Waals surface area contributed by atoms with Crippen LogP contribution in [0.4, 0.5) is 0 Å². The third-order valence-electron chi connectivity index (χ3n) is 3.53. The number of ether oxygens (including phenoxy) is 1. The van der Waals surface area contributed by atoms with Crippen LogP contribution in [0.3, 0.4) is 0 Å². The Morgan fingerprint density at radius 2 is 2.50 bits per heavy atom. The lowest BCUT2D eigenvalue weighted by molar-refractivity contribution is 0.102. The van der Waals surface area contributed by atoms with Gasteiger partial charge in [0.25, 0.3) is 0 Å². The molecule has 0 spiro atoms. The van der Waals surface area contributed by atoms with Gasteiger partial charge in [0.15, 0.2) is 10.4 Å². The van der Waals surface area contributed by atoms with E-state index in [0.29, 0.717) is 15.7 Å². The zero-order valence-electron chi connectivity index (χ0n) is 10.0. The Labute approximate surface area is 115 Å². The number of nitrogens with one attached hydrogen (secondary N) is 1. The maximum absolute atomic E-state index is 5.93. The fourth-order valence-electron chi connectivity index (χ4n) is 2.44. The van der Waals surface area contributed by atoms with Crippen LogP contribution in [0, 0.1) is 10.7 Å².